The summed E-state index contributed by atoms with van der Waals surface area (Å²) in [5.74, 6) is -1.82. The third kappa shape index (κ3) is 2.26. The third-order valence-corrected chi connectivity index (χ3v) is 4.44. The van der Waals surface area contributed by atoms with Gasteiger partial charge in [-0.1, -0.05) is 22.9 Å². The maximum atomic E-state index is 13.5. The van der Waals surface area contributed by atoms with Crippen molar-refractivity contribution in [3.05, 3.63) is 35.1 Å². The largest absolute Gasteiger partial charge is 0.207 e. The SMILES string of the molecule is CC(C1CC1)C(Br)c1c(F)cc(F)cc1F. The average molecular weight is 293 g/mol. The van der Waals surface area contributed by atoms with E-state index in [0.717, 1.165) is 25.0 Å². The first kappa shape index (κ1) is 12.0. The predicted octanol–water partition coefficient (Wildman–Crippen LogP) is 4.59. The van der Waals surface area contributed by atoms with Crippen molar-refractivity contribution in [3.63, 3.8) is 0 Å². The second-order valence-corrected chi connectivity index (χ2v) is 5.37. The monoisotopic (exact) mass is 292 g/mol. The molecule has 2 rings (SSSR count). The summed E-state index contributed by atoms with van der Waals surface area (Å²) < 4.78 is 39.7. The number of hydrogen-bond acceptors (Lipinski definition) is 0. The van der Waals surface area contributed by atoms with Crippen LogP contribution >= 0.6 is 15.9 Å². The van der Waals surface area contributed by atoms with Crippen LogP contribution in [0.25, 0.3) is 0 Å². The third-order valence-electron chi connectivity index (χ3n) is 3.15. The van der Waals surface area contributed by atoms with Gasteiger partial charge in [-0.15, -0.1) is 0 Å². The van der Waals surface area contributed by atoms with Crippen LogP contribution in [0, 0.1) is 29.3 Å². The molecule has 1 aromatic carbocycles. The summed E-state index contributed by atoms with van der Waals surface area (Å²) in [6.07, 6.45) is 2.21. The first-order valence-corrected chi connectivity index (χ1v) is 6.20. The van der Waals surface area contributed by atoms with Crippen molar-refractivity contribution in [3.8, 4) is 0 Å². The lowest BCUT2D eigenvalue weighted by Crippen LogP contribution is -2.10. The highest BCUT2D eigenvalue weighted by Crippen LogP contribution is 2.47. The molecule has 0 saturated heterocycles. The summed E-state index contributed by atoms with van der Waals surface area (Å²) in [5.41, 5.74) is -0.0548. The van der Waals surface area contributed by atoms with E-state index in [1.807, 2.05) is 6.92 Å². The fourth-order valence-corrected chi connectivity index (χ4v) is 2.81. The molecule has 0 heterocycles. The Bertz CT molecular complexity index is 378. The smallest absolute Gasteiger partial charge is 0.133 e. The Morgan fingerprint density at radius 3 is 2.12 bits per heavy atom. The molecule has 1 aliphatic carbocycles. The molecular weight excluding hydrogens is 281 g/mol. The average Bonchev–Trinajstić information content (AvgIpc) is 2.97. The van der Waals surface area contributed by atoms with Gasteiger partial charge >= 0.3 is 0 Å². The Balaban J connectivity index is 2.31. The van der Waals surface area contributed by atoms with E-state index in [-0.39, 0.29) is 16.3 Å². The molecule has 1 aliphatic rings. The van der Waals surface area contributed by atoms with Crippen LogP contribution in [0.5, 0.6) is 0 Å². The van der Waals surface area contributed by atoms with Gasteiger partial charge in [0.05, 0.1) is 0 Å². The van der Waals surface area contributed by atoms with Gasteiger partial charge in [-0.05, 0) is 24.7 Å². The Kier molecular flexibility index (Phi) is 3.29. The molecule has 88 valence electrons. The topological polar surface area (TPSA) is 0 Å². The normalized spacial score (nSPS) is 19.6. The lowest BCUT2D eigenvalue weighted by molar-refractivity contribution is 0.458. The minimum atomic E-state index is -0.877. The zero-order valence-electron chi connectivity index (χ0n) is 8.81. The molecule has 0 aromatic heterocycles. The van der Waals surface area contributed by atoms with Crippen molar-refractivity contribution < 1.29 is 13.2 Å². The quantitative estimate of drug-likeness (QED) is 0.715. The van der Waals surface area contributed by atoms with Gasteiger partial charge in [0.2, 0.25) is 0 Å². The van der Waals surface area contributed by atoms with E-state index in [9.17, 15) is 13.2 Å². The minimum absolute atomic E-state index is 0.0548. The number of rotatable bonds is 3. The molecule has 0 amide bonds. The Labute approximate surface area is 101 Å². The highest BCUT2D eigenvalue weighted by molar-refractivity contribution is 9.09. The first-order chi connectivity index (χ1) is 7.50. The fourth-order valence-electron chi connectivity index (χ4n) is 1.94. The van der Waals surface area contributed by atoms with E-state index in [1.165, 1.54) is 0 Å². The molecule has 2 unspecified atom stereocenters. The Morgan fingerprint density at radius 2 is 1.69 bits per heavy atom. The van der Waals surface area contributed by atoms with Gasteiger partial charge in [0.1, 0.15) is 17.5 Å². The molecule has 0 nitrogen and oxygen atoms in total. The second kappa shape index (κ2) is 4.40. The molecule has 1 saturated carbocycles. The molecule has 1 aromatic rings. The zero-order chi connectivity index (χ0) is 11.9. The van der Waals surface area contributed by atoms with Crippen LogP contribution in [0.1, 0.15) is 30.2 Å². The zero-order valence-corrected chi connectivity index (χ0v) is 10.4. The summed E-state index contributed by atoms with van der Waals surface area (Å²) in [6.45, 7) is 1.96. The summed E-state index contributed by atoms with van der Waals surface area (Å²) >= 11 is 3.32. The van der Waals surface area contributed by atoms with Crippen molar-refractivity contribution in [2.45, 2.75) is 24.6 Å². The molecule has 2 atom stereocenters. The van der Waals surface area contributed by atoms with Crippen molar-refractivity contribution in [2.24, 2.45) is 11.8 Å². The Hall–Kier alpha value is -0.510. The van der Waals surface area contributed by atoms with Gasteiger partial charge in [0.15, 0.2) is 0 Å². The molecule has 0 bridgehead atoms. The fraction of sp³-hybridized carbons (Fsp3) is 0.500. The van der Waals surface area contributed by atoms with E-state index in [4.69, 9.17) is 0 Å². The van der Waals surface area contributed by atoms with Crippen molar-refractivity contribution in [1.29, 1.82) is 0 Å². The summed E-state index contributed by atoms with van der Waals surface area (Å²) in [6, 6.07) is 1.46. The summed E-state index contributed by atoms with van der Waals surface area (Å²) in [5, 5.41) is 0. The van der Waals surface area contributed by atoms with E-state index in [0.29, 0.717) is 5.92 Å². The van der Waals surface area contributed by atoms with Gasteiger partial charge < -0.3 is 0 Å². The number of hydrogen-bond donors (Lipinski definition) is 0. The Morgan fingerprint density at radius 1 is 1.19 bits per heavy atom. The molecule has 4 heteroatoms. The van der Waals surface area contributed by atoms with E-state index < -0.39 is 17.5 Å². The van der Waals surface area contributed by atoms with Crippen LogP contribution in [0.2, 0.25) is 0 Å². The van der Waals surface area contributed by atoms with Gasteiger partial charge in [0, 0.05) is 22.5 Å². The minimum Gasteiger partial charge on any atom is -0.207 e. The molecule has 16 heavy (non-hydrogen) atoms. The summed E-state index contributed by atoms with van der Waals surface area (Å²) in [7, 11) is 0. The van der Waals surface area contributed by atoms with Crippen LogP contribution in [0.15, 0.2) is 12.1 Å². The lowest BCUT2D eigenvalue weighted by Gasteiger charge is -2.19. The molecule has 0 aliphatic heterocycles. The van der Waals surface area contributed by atoms with Gasteiger partial charge in [-0.2, -0.15) is 0 Å². The van der Waals surface area contributed by atoms with Crippen LogP contribution < -0.4 is 0 Å². The van der Waals surface area contributed by atoms with Gasteiger partial charge in [-0.3, -0.25) is 0 Å². The van der Waals surface area contributed by atoms with Crippen molar-refractivity contribution in [2.75, 3.05) is 0 Å². The van der Waals surface area contributed by atoms with E-state index in [1.54, 1.807) is 0 Å². The highest BCUT2D eigenvalue weighted by atomic mass is 79.9. The number of halogens is 4. The molecule has 1 fully saturated rings. The highest BCUT2D eigenvalue weighted by Gasteiger charge is 2.35. The van der Waals surface area contributed by atoms with Crippen LogP contribution in [-0.2, 0) is 0 Å². The van der Waals surface area contributed by atoms with Gasteiger partial charge in [0.25, 0.3) is 0 Å². The van der Waals surface area contributed by atoms with E-state index >= 15 is 0 Å². The lowest BCUT2D eigenvalue weighted by atomic mass is 9.96. The van der Waals surface area contributed by atoms with Crippen molar-refractivity contribution >= 4 is 15.9 Å². The van der Waals surface area contributed by atoms with Crippen LogP contribution in [-0.4, -0.2) is 0 Å². The molecule has 0 N–H and O–H groups in total. The molecule has 0 spiro atoms. The maximum absolute atomic E-state index is 13.5. The second-order valence-electron chi connectivity index (χ2n) is 4.38. The number of alkyl halides is 1. The van der Waals surface area contributed by atoms with Crippen LogP contribution in [0.4, 0.5) is 13.2 Å². The van der Waals surface area contributed by atoms with Crippen LogP contribution in [0.3, 0.4) is 0 Å². The van der Waals surface area contributed by atoms with Crippen molar-refractivity contribution in [1.82, 2.24) is 0 Å². The number of benzene rings is 1. The summed E-state index contributed by atoms with van der Waals surface area (Å²) in [4.78, 5) is -0.388. The maximum Gasteiger partial charge on any atom is 0.133 e. The predicted molar refractivity (Wildman–Crippen MR) is 59.9 cm³/mol. The molecule has 0 radical (unpaired) electrons. The van der Waals surface area contributed by atoms with E-state index in [2.05, 4.69) is 15.9 Å². The van der Waals surface area contributed by atoms with Gasteiger partial charge in [-0.25, -0.2) is 13.2 Å². The first-order valence-electron chi connectivity index (χ1n) is 5.29. The standard InChI is InChI=1S/C12H12BrF3/c1-6(7-2-3-7)12(13)11-9(15)4-8(14)5-10(11)16/h4-7,12H,2-3H2,1H3. The molecular formula is C12H12BrF3.